The topological polar surface area (TPSA) is 49.7 Å². The van der Waals surface area contributed by atoms with E-state index >= 15 is 0 Å². The second-order valence-corrected chi connectivity index (χ2v) is 4.35. The molecule has 5 nitrogen and oxygen atoms in total. The number of amides is 1. The standard InChI is InChI=1S/C11H23N4O/c1-14(2)8-5-12-4-3-11(16)15-9-6-13-7-10-15/h12H,3-10H2,1-2H3. The summed E-state index contributed by atoms with van der Waals surface area (Å²) in [6, 6.07) is 0. The van der Waals surface area contributed by atoms with Gasteiger partial charge in [0, 0.05) is 52.2 Å². The lowest BCUT2D eigenvalue weighted by atomic mass is 10.3. The number of nitrogens with one attached hydrogen (secondary N) is 1. The summed E-state index contributed by atoms with van der Waals surface area (Å²) in [5.41, 5.74) is 0. The minimum atomic E-state index is 0.257. The van der Waals surface area contributed by atoms with Crippen LogP contribution in [0.1, 0.15) is 6.42 Å². The number of hydrogen-bond donors (Lipinski definition) is 1. The van der Waals surface area contributed by atoms with Crippen molar-refractivity contribution in [3.8, 4) is 0 Å². The fraction of sp³-hybridized carbons (Fsp3) is 0.909. The van der Waals surface area contributed by atoms with Crippen molar-refractivity contribution in [3.05, 3.63) is 0 Å². The Morgan fingerprint density at radius 1 is 1.31 bits per heavy atom. The van der Waals surface area contributed by atoms with Crippen molar-refractivity contribution in [2.24, 2.45) is 0 Å². The molecule has 5 heteroatoms. The smallest absolute Gasteiger partial charge is 0.223 e. The average Bonchev–Trinajstić information content (AvgIpc) is 2.29. The molecule has 1 heterocycles. The molecule has 0 atom stereocenters. The predicted octanol–water partition coefficient (Wildman–Crippen LogP) is -1.03. The zero-order chi connectivity index (χ0) is 11.8. The van der Waals surface area contributed by atoms with E-state index in [0.717, 1.165) is 45.8 Å². The lowest BCUT2D eigenvalue weighted by Crippen LogP contribution is -2.44. The quantitative estimate of drug-likeness (QED) is 0.591. The van der Waals surface area contributed by atoms with Crippen molar-refractivity contribution < 1.29 is 4.79 Å². The summed E-state index contributed by atoms with van der Waals surface area (Å²) >= 11 is 0. The third-order valence-corrected chi connectivity index (χ3v) is 2.66. The molecule has 0 aromatic heterocycles. The van der Waals surface area contributed by atoms with Crippen molar-refractivity contribution >= 4 is 5.91 Å². The van der Waals surface area contributed by atoms with Crippen LogP contribution in [0.25, 0.3) is 0 Å². The minimum Gasteiger partial charge on any atom is -0.340 e. The summed E-state index contributed by atoms with van der Waals surface area (Å²) < 4.78 is 0. The van der Waals surface area contributed by atoms with Gasteiger partial charge in [0.2, 0.25) is 5.91 Å². The Bertz CT molecular complexity index is 202. The van der Waals surface area contributed by atoms with E-state index in [4.69, 9.17) is 0 Å². The van der Waals surface area contributed by atoms with Crippen LogP contribution in [0.2, 0.25) is 0 Å². The first-order valence-electron chi connectivity index (χ1n) is 5.96. The summed E-state index contributed by atoms with van der Waals surface area (Å²) in [4.78, 5) is 15.8. The van der Waals surface area contributed by atoms with Crippen LogP contribution in [0.3, 0.4) is 0 Å². The summed E-state index contributed by atoms with van der Waals surface area (Å²) in [6.07, 6.45) is 0.605. The minimum absolute atomic E-state index is 0.257. The highest BCUT2D eigenvalue weighted by molar-refractivity contribution is 5.76. The van der Waals surface area contributed by atoms with Crippen LogP contribution in [-0.4, -0.2) is 75.6 Å². The van der Waals surface area contributed by atoms with Gasteiger partial charge in [0.25, 0.3) is 0 Å². The molecule has 1 aliphatic heterocycles. The first kappa shape index (κ1) is 13.4. The van der Waals surface area contributed by atoms with E-state index < -0.39 is 0 Å². The van der Waals surface area contributed by atoms with Crippen LogP contribution in [0.4, 0.5) is 0 Å². The molecule has 1 rings (SSSR count). The van der Waals surface area contributed by atoms with Crippen molar-refractivity contribution in [2.75, 3.05) is 59.9 Å². The van der Waals surface area contributed by atoms with Crippen molar-refractivity contribution in [1.29, 1.82) is 0 Å². The summed E-state index contributed by atoms with van der Waals surface area (Å²) in [5.74, 6) is 0.257. The van der Waals surface area contributed by atoms with Crippen LogP contribution < -0.4 is 10.6 Å². The molecular formula is C11H23N4O. The van der Waals surface area contributed by atoms with Crippen LogP contribution in [-0.2, 0) is 4.79 Å². The molecule has 1 amide bonds. The van der Waals surface area contributed by atoms with Gasteiger partial charge in [-0.15, -0.1) is 0 Å². The molecule has 1 radical (unpaired) electrons. The van der Waals surface area contributed by atoms with Gasteiger partial charge in [0.05, 0.1) is 0 Å². The highest BCUT2D eigenvalue weighted by Crippen LogP contribution is 1.96. The first-order valence-corrected chi connectivity index (χ1v) is 5.96. The molecule has 1 saturated heterocycles. The van der Waals surface area contributed by atoms with Crippen LogP contribution >= 0.6 is 0 Å². The molecule has 1 N–H and O–H groups in total. The largest absolute Gasteiger partial charge is 0.340 e. The first-order chi connectivity index (χ1) is 7.70. The van der Waals surface area contributed by atoms with E-state index in [1.807, 2.05) is 19.0 Å². The predicted molar refractivity (Wildman–Crippen MR) is 64.5 cm³/mol. The Balaban J connectivity index is 2.01. The van der Waals surface area contributed by atoms with Gasteiger partial charge in [0.1, 0.15) is 0 Å². The number of rotatable bonds is 6. The second kappa shape index (κ2) is 7.60. The van der Waals surface area contributed by atoms with Gasteiger partial charge in [-0.05, 0) is 14.1 Å². The van der Waals surface area contributed by atoms with Crippen molar-refractivity contribution in [3.63, 3.8) is 0 Å². The van der Waals surface area contributed by atoms with Gasteiger partial charge in [-0.1, -0.05) is 0 Å². The SMILES string of the molecule is CN(C)CCNCCC(=O)N1CC[N]CC1. The molecule has 1 aliphatic rings. The molecule has 16 heavy (non-hydrogen) atoms. The molecule has 93 valence electrons. The Labute approximate surface area is 98.2 Å². The molecule has 0 aliphatic carbocycles. The zero-order valence-electron chi connectivity index (χ0n) is 10.4. The normalized spacial score (nSPS) is 16.8. The summed E-state index contributed by atoms with van der Waals surface area (Å²) in [7, 11) is 4.09. The average molecular weight is 227 g/mol. The fourth-order valence-electron chi connectivity index (χ4n) is 1.64. The van der Waals surface area contributed by atoms with Crippen LogP contribution in [0, 0.1) is 0 Å². The van der Waals surface area contributed by atoms with Crippen LogP contribution in [0.15, 0.2) is 0 Å². The zero-order valence-corrected chi connectivity index (χ0v) is 10.4. The van der Waals surface area contributed by atoms with Gasteiger partial charge < -0.3 is 15.1 Å². The Hall–Kier alpha value is -0.650. The van der Waals surface area contributed by atoms with E-state index in [-0.39, 0.29) is 5.91 Å². The van der Waals surface area contributed by atoms with Gasteiger partial charge in [-0.3, -0.25) is 4.79 Å². The third kappa shape index (κ3) is 5.44. The van der Waals surface area contributed by atoms with Gasteiger partial charge >= 0.3 is 0 Å². The van der Waals surface area contributed by atoms with Crippen LogP contribution in [0.5, 0.6) is 0 Å². The molecule has 0 spiro atoms. The van der Waals surface area contributed by atoms with E-state index in [0.29, 0.717) is 6.42 Å². The Kier molecular flexibility index (Phi) is 6.37. The van der Waals surface area contributed by atoms with E-state index in [9.17, 15) is 4.79 Å². The molecule has 0 bridgehead atoms. The molecule has 0 saturated carbocycles. The maximum atomic E-state index is 11.7. The second-order valence-electron chi connectivity index (χ2n) is 4.35. The highest BCUT2D eigenvalue weighted by Gasteiger charge is 2.15. The number of carbonyl (C=O) groups is 1. The maximum absolute atomic E-state index is 11.7. The van der Waals surface area contributed by atoms with Gasteiger partial charge in [0.15, 0.2) is 0 Å². The number of piperazine rings is 1. The maximum Gasteiger partial charge on any atom is 0.223 e. The Morgan fingerprint density at radius 3 is 2.62 bits per heavy atom. The van der Waals surface area contributed by atoms with E-state index in [1.54, 1.807) is 0 Å². The number of carbonyl (C=O) groups excluding carboxylic acids is 1. The fourth-order valence-corrected chi connectivity index (χ4v) is 1.64. The lowest BCUT2D eigenvalue weighted by molar-refractivity contribution is -0.131. The lowest BCUT2D eigenvalue weighted by Gasteiger charge is -2.26. The Morgan fingerprint density at radius 2 is 2.00 bits per heavy atom. The molecule has 0 aromatic rings. The van der Waals surface area contributed by atoms with Crippen molar-refractivity contribution in [1.82, 2.24) is 20.4 Å². The monoisotopic (exact) mass is 227 g/mol. The molecule has 1 fully saturated rings. The summed E-state index contributed by atoms with van der Waals surface area (Å²) in [6.45, 7) is 5.94. The van der Waals surface area contributed by atoms with Gasteiger partial charge in [-0.25, -0.2) is 5.32 Å². The highest BCUT2D eigenvalue weighted by atomic mass is 16.2. The van der Waals surface area contributed by atoms with E-state index in [2.05, 4.69) is 15.5 Å². The number of nitrogens with zero attached hydrogens (tertiary/aromatic N) is 3. The van der Waals surface area contributed by atoms with Crippen molar-refractivity contribution in [2.45, 2.75) is 6.42 Å². The third-order valence-electron chi connectivity index (χ3n) is 2.66. The summed E-state index contributed by atoms with van der Waals surface area (Å²) in [5, 5.41) is 7.50. The number of hydrogen-bond acceptors (Lipinski definition) is 3. The van der Waals surface area contributed by atoms with E-state index in [1.165, 1.54) is 0 Å². The van der Waals surface area contributed by atoms with Gasteiger partial charge in [-0.2, -0.15) is 0 Å². The number of likely N-dealkylation sites (N-methyl/N-ethyl adjacent to an activating group) is 1. The molecule has 0 unspecified atom stereocenters. The molecular weight excluding hydrogens is 204 g/mol. The molecule has 0 aromatic carbocycles.